The van der Waals surface area contributed by atoms with E-state index in [9.17, 15) is 4.79 Å². The Balaban J connectivity index is 1.63. The van der Waals surface area contributed by atoms with Crippen LogP contribution in [-0.4, -0.2) is 23.2 Å². The fraction of sp³-hybridized carbons (Fsp3) is 0.500. The summed E-state index contributed by atoms with van der Waals surface area (Å²) < 4.78 is 6.12. The van der Waals surface area contributed by atoms with Gasteiger partial charge in [0.2, 0.25) is 0 Å². The van der Waals surface area contributed by atoms with Gasteiger partial charge in [-0.05, 0) is 55.3 Å². The van der Waals surface area contributed by atoms with E-state index >= 15 is 0 Å². The van der Waals surface area contributed by atoms with Gasteiger partial charge in [0.1, 0.15) is 5.75 Å². The normalized spacial score (nSPS) is 22.1. The lowest BCUT2D eigenvalue weighted by Gasteiger charge is -2.30. The first kappa shape index (κ1) is 15.1. The van der Waals surface area contributed by atoms with Gasteiger partial charge in [0.15, 0.2) is 0 Å². The average molecular weight is 300 g/mol. The molecule has 22 heavy (non-hydrogen) atoms. The van der Waals surface area contributed by atoms with E-state index in [4.69, 9.17) is 4.74 Å². The van der Waals surface area contributed by atoms with Gasteiger partial charge in [-0.2, -0.15) is 0 Å². The maximum Gasteiger partial charge on any atom is 0.255 e. The summed E-state index contributed by atoms with van der Waals surface area (Å²) in [5.74, 6) is 0.860. The topological polar surface area (TPSA) is 54.1 Å². The van der Waals surface area contributed by atoms with Crippen molar-refractivity contribution in [3.63, 3.8) is 0 Å². The Morgan fingerprint density at radius 1 is 1.18 bits per heavy atom. The van der Waals surface area contributed by atoms with Gasteiger partial charge in [0.25, 0.3) is 5.56 Å². The number of benzene rings is 1. The van der Waals surface area contributed by atoms with Crippen LogP contribution in [0.4, 0.5) is 0 Å². The van der Waals surface area contributed by atoms with E-state index in [-0.39, 0.29) is 11.7 Å². The largest absolute Gasteiger partial charge is 0.490 e. The van der Waals surface area contributed by atoms with Crippen LogP contribution in [0.5, 0.6) is 5.75 Å². The third-order valence-corrected chi connectivity index (χ3v) is 4.29. The van der Waals surface area contributed by atoms with Crippen molar-refractivity contribution in [2.45, 2.75) is 57.7 Å². The van der Waals surface area contributed by atoms with Crippen molar-refractivity contribution in [3.05, 3.63) is 40.8 Å². The molecule has 0 radical (unpaired) electrons. The quantitative estimate of drug-likeness (QED) is 0.911. The van der Waals surface area contributed by atoms with Gasteiger partial charge in [-0.1, -0.05) is 13.8 Å². The highest BCUT2D eigenvalue weighted by molar-refractivity contribution is 5.82. The molecule has 0 aliphatic heterocycles. The second-order valence-corrected chi connectivity index (χ2v) is 6.47. The number of aromatic nitrogens is 1. The van der Waals surface area contributed by atoms with Crippen LogP contribution in [-0.2, 0) is 0 Å². The highest BCUT2D eigenvalue weighted by atomic mass is 16.5. The van der Waals surface area contributed by atoms with E-state index in [1.54, 1.807) is 6.20 Å². The van der Waals surface area contributed by atoms with Gasteiger partial charge in [-0.3, -0.25) is 4.79 Å². The minimum Gasteiger partial charge on any atom is -0.490 e. The summed E-state index contributed by atoms with van der Waals surface area (Å²) >= 11 is 0. The lowest BCUT2D eigenvalue weighted by Crippen LogP contribution is -2.39. The smallest absolute Gasteiger partial charge is 0.255 e. The molecule has 4 heteroatoms. The van der Waals surface area contributed by atoms with Crippen molar-refractivity contribution < 1.29 is 4.74 Å². The second-order valence-electron chi connectivity index (χ2n) is 6.47. The predicted molar refractivity (Wildman–Crippen MR) is 89.5 cm³/mol. The molecule has 0 bridgehead atoms. The van der Waals surface area contributed by atoms with E-state index < -0.39 is 0 Å². The molecule has 0 spiro atoms. The van der Waals surface area contributed by atoms with Gasteiger partial charge in [0.05, 0.1) is 6.10 Å². The summed E-state index contributed by atoms with van der Waals surface area (Å²) in [5, 5.41) is 5.24. The molecular weight excluding hydrogens is 276 g/mol. The lowest BCUT2D eigenvalue weighted by molar-refractivity contribution is 0.138. The molecule has 2 N–H and O–H groups in total. The van der Waals surface area contributed by atoms with Crippen molar-refractivity contribution in [2.24, 2.45) is 0 Å². The van der Waals surface area contributed by atoms with E-state index in [2.05, 4.69) is 24.1 Å². The molecule has 4 nitrogen and oxygen atoms in total. The number of rotatable bonds is 4. The molecule has 1 fully saturated rings. The minimum absolute atomic E-state index is 0.0516. The van der Waals surface area contributed by atoms with Crippen LogP contribution in [0.3, 0.4) is 0 Å². The van der Waals surface area contributed by atoms with Crippen molar-refractivity contribution >= 4 is 10.8 Å². The Morgan fingerprint density at radius 2 is 1.95 bits per heavy atom. The minimum atomic E-state index is -0.0516. The first-order chi connectivity index (χ1) is 10.6. The monoisotopic (exact) mass is 300 g/mol. The molecule has 1 aromatic heterocycles. The molecule has 0 amide bonds. The molecule has 0 unspecified atom stereocenters. The third-order valence-electron chi connectivity index (χ3n) is 4.29. The van der Waals surface area contributed by atoms with Crippen molar-refractivity contribution in [3.8, 4) is 5.75 Å². The molecule has 1 aliphatic carbocycles. The first-order valence-electron chi connectivity index (χ1n) is 8.16. The number of fused-ring (bicyclic) bond motifs is 1. The lowest BCUT2D eigenvalue weighted by atomic mass is 9.92. The fourth-order valence-electron chi connectivity index (χ4n) is 3.25. The maximum atomic E-state index is 11.7. The molecular formula is C18H24N2O2. The molecule has 1 aromatic carbocycles. The van der Waals surface area contributed by atoms with Gasteiger partial charge in [0, 0.05) is 23.7 Å². The van der Waals surface area contributed by atoms with Crippen LogP contribution in [0.1, 0.15) is 39.5 Å². The fourth-order valence-corrected chi connectivity index (χ4v) is 3.25. The third kappa shape index (κ3) is 3.50. The average Bonchev–Trinajstić information content (AvgIpc) is 2.49. The number of H-pyrrole nitrogens is 1. The number of ether oxygens (including phenoxy) is 1. The molecule has 1 saturated carbocycles. The Labute approximate surface area is 130 Å². The molecule has 2 aromatic rings. The van der Waals surface area contributed by atoms with E-state index in [1.807, 2.05) is 24.3 Å². The first-order valence-corrected chi connectivity index (χ1v) is 8.16. The Kier molecular flexibility index (Phi) is 4.48. The summed E-state index contributed by atoms with van der Waals surface area (Å²) in [7, 11) is 0. The van der Waals surface area contributed by atoms with Gasteiger partial charge >= 0.3 is 0 Å². The van der Waals surface area contributed by atoms with Crippen molar-refractivity contribution in [2.75, 3.05) is 0 Å². The number of hydrogen-bond acceptors (Lipinski definition) is 3. The number of aromatic amines is 1. The van der Waals surface area contributed by atoms with Gasteiger partial charge in [-0.25, -0.2) is 0 Å². The Morgan fingerprint density at radius 3 is 2.68 bits per heavy atom. The van der Waals surface area contributed by atoms with Gasteiger partial charge in [-0.15, -0.1) is 0 Å². The standard InChI is InChI=1S/C18H24N2O2/c1-12(2)20-14-3-5-15(6-4-14)22-16-7-8-17-13(11-16)9-10-19-18(17)21/h7-12,14-15,20H,3-6H2,1-2H3,(H,19,21). The highest BCUT2D eigenvalue weighted by Crippen LogP contribution is 2.25. The number of nitrogens with one attached hydrogen (secondary N) is 2. The zero-order chi connectivity index (χ0) is 15.5. The van der Waals surface area contributed by atoms with Crippen molar-refractivity contribution in [1.29, 1.82) is 0 Å². The van der Waals surface area contributed by atoms with Crippen LogP contribution in [0, 0.1) is 0 Å². The van der Waals surface area contributed by atoms with Crippen molar-refractivity contribution in [1.82, 2.24) is 10.3 Å². The summed E-state index contributed by atoms with van der Waals surface area (Å²) in [4.78, 5) is 14.4. The summed E-state index contributed by atoms with van der Waals surface area (Å²) in [5.41, 5.74) is -0.0516. The summed E-state index contributed by atoms with van der Waals surface area (Å²) in [6.07, 6.45) is 6.45. The van der Waals surface area contributed by atoms with E-state index in [0.29, 0.717) is 17.5 Å². The summed E-state index contributed by atoms with van der Waals surface area (Å²) in [6, 6.07) is 8.78. The molecule has 1 aliphatic rings. The highest BCUT2D eigenvalue weighted by Gasteiger charge is 2.22. The zero-order valence-electron chi connectivity index (χ0n) is 13.3. The molecule has 0 saturated heterocycles. The van der Waals surface area contributed by atoms with Crippen LogP contribution >= 0.6 is 0 Å². The van der Waals surface area contributed by atoms with E-state index in [1.165, 1.54) is 0 Å². The zero-order valence-corrected chi connectivity index (χ0v) is 13.3. The van der Waals surface area contributed by atoms with Crippen LogP contribution in [0.2, 0.25) is 0 Å². The SMILES string of the molecule is CC(C)NC1CCC(Oc2ccc3c(=O)[nH]ccc3c2)CC1. The van der Waals surface area contributed by atoms with Crippen LogP contribution < -0.4 is 15.6 Å². The molecule has 3 rings (SSSR count). The number of hydrogen-bond donors (Lipinski definition) is 2. The number of pyridine rings is 1. The van der Waals surface area contributed by atoms with Crippen LogP contribution in [0.15, 0.2) is 35.3 Å². The molecule has 0 atom stereocenters. The second kappa shape index (κ2) is 6.53. The Hall–Kier alpha value is -1.81. The summed E-state index contributed by atoms with van der Waals surface area (Å²) in [6.45, 7) is 4.39. The molecule has 1 heterocycles. The van der Waals surface area contributed by atoms with E-state index in [0.717, 1.165) is 36.8 Å². The Bertz CT molecular complexity index is 685. The molecule has 118 valence electrons. The maximum absolute atomic E-state index is 11.7. The van der Waals surface area contributed by atoms with Crippen LogP contribution in [0.25, 0.3) is 10.8 Å². The van der Waals surface area contributed by atoms with Gasteiger partial charge < -0.3 is 15.0 Å². The predicted octanol–water partition coefficient (Wildman–Crippen LogP) is 3.22.